The van der Waals surface area contributed by atoms with Gasteiger partial charge >= 0.3 is 11.9 Å². The molecule has 0 aromatic heterocycles. The van der Waals surface area contributed by atoms with Gasteiger partial charge < -0.3 is 14.2 Å². The summed E-state index contributed by atoms with van der Waals surface area (Å²) < 4.78 is 15.4. The molecule has 0 amide bonds. The highest BCUT2D eigenvalue weighted by Gasteiger charge is 2.33. The number of benzene rings is 1. The summed E-state index contributed by atoms with van der Waals surface area (Å²) in [5.74, 6) is 0.363. The van der Waals surface area contributed by atoms with Crippen molar-refractivity contribution in [1.29, 1.82) is 0 Å². The van der Waals surface area contributed by atoms with E-state index in [1.54, 1.807) is 36.4 Å². The number of methoxy groups -OCH3 is 1. The zero-order valence-corrected chi connectivity index (χ0v) is 13.5. The Bertz CT molecular complexity index is 642. The minimum atomic E-state index is -0.735. The largest absolute Gasteiger partial charge is 0.494 e. The molecule has 0 aliphatic heterocycles. The highest BCUT2D eigenvalue weighted by molar-refractivity contribution is 5.89. The zero-order valence-electron chi connectivity index (χ0n) is 13.5. The molecule has 0 N–H and O–H groups in total. The Morgan fingerprint density at radius 1 is 1.22 bits per heavy atom. The first-order chi connectivity index (χ1) is 11.0. The van der Waals surface area contributed by atoms with Crippen LogP contribution in [0.25, 0.3) is 0 Å². The Morgan fingerprint density at radius 2 is 1.91 bits per heavy atom. The van der Waals surface area contributed by atoms with Crippen molar-refractivity contribution in [2.45, 2.75) is 20.3 Å². The van der Waals surface area contributed by atoms with Gasteiger partial charge in [0.05, 0.1) is 24.7 Å². The lowest BCUT2D eigenvalue weighted by Gasteiger charge is -2.25. The van der Waals surface area contributed by atoms with Crippen molar-refractivity contribution in [3.05, 3.63) is 53.8 Å². The number of esters is 2. The third-order valence-corrected chi connectivity index (χ3v) is 3.61. The van der Waals surface area contributed by atoms with Crippen LogP contribution in [-0.4, -0.2) is 25.7 Å². The molecule has 0 spiro atoms. The van der Waals surface area contributed by atoms with Gasteiger partial charge in [-0.1, -0.05) is 6.08 Å². The van der Waals surface area contributed by atoms with Crippen LogP contribution in [0, 0.1) is 5.41 Å². The van der Waals surface area contributed by atoms with Crippen LogP contribution in [0.3, 0.4) is 0 Å². The second-order valence-electron chi connectivity index (χ2n) is 5.40. The van der Waals surface area contributed by atoms with Gasteiger partial charge in [-0.3, -0.25) is 4.79 Å². The predicted octanol–water partition coefficient (Wildman–Crippen LogP) is 3.27. The van der Waals surface area contributed by atoms with Gasteiger partial charge in [0, 0.05) is 0 Å². The van der Waals surface area contributed by atoms with Crippen LogP contribution >= 0.6 is 0 Å². The molecule has 0 bridgehead atoms. The Kier molecular flexibility index (Phi) is 5.21. The van der Waals surface area contributed by atoms with Gasteiger partial charge in [0.25, 0.3) is 0 Å². The number of allylic oxidation sites excluding steroid dienone is 2. The van der Waals surface area contributed by atoms with E-state index in [0.717, 1.165) is 5.76 Å². The number of rotatable bonds is 5. The van der Waals surface area contributed by atoms with Gasteiger partial charge in [0.15, 0.2) is 0 Å². The van der Waals surface area contributed by atoms with Crippen LogP contribution in [0.15, 0.2) is 48.3 Å². The van der Waals surface area contributed by atoms with Crippen LogP contribution in [0.1, 0.15) is 30.6 Å². The Labute approximate surface area is 135 Å². The summed E-state index contributed by atoms with van der Waals surface area (Å²) in [5, 5.41) is 0. The molecule has 5 heteroatoms. The van der Waals surface area contributed by atoms with Crippen molar-refractivity contribution in [2.75, 3.05) is 13.7 Å². The van der Waals surface area contributed by atoms with Crippen molar-refractivity contribution < 1.29 is 23.8 Å². The van der Waals surface area contributed by atoms with Gasteiger partial charge in [0.1, 0.15) is 11.5 Å². The lowest BCUT2D eigenvalue weighted by atomic mass is 9.83. The Balaban J connectivity index is 2.02. The smallest absolute Gasteiger partial charge is 0.337 e. The van der Waals surface area contributed by atoms with Gasteiger partial charge in [-0.05, 0) is 56.7 Å². The number of ether oxygens (including phenoxy) is 3. The quantitative estimate of drug-likeness (QED) is 0.616. The minimum absolute atomic E-state index is 0.355. The molecule has 0 heterocycles. The van der Waals surface area contributed by atoms with Crippen LogP contribution in [-0.2, 0) is 14.3 Å². The normalized spacial score (nSPS) is 19.7. The maximum absolute atomic E-state index is 12.4. The van der Waals surface area contributed by atoms with Crippen LogP contribution in [0.2, 0.25) is 0 Å². The van der Waals surface area contributed by atoms with Gasteiger partial charge in [-0.2, -0.15) is 0 Å². The molecule has 1 aromatic carbocycles. The summed E-state index contributed by atoms with van der Waals surface area (Å²) in [4.78, 5) is 23.8. The first-order valence-electron chi connectivity index (χ1n) is 7.41. The fourth-order valence-corrected chi connectivity index (χ4v) is 2.14. The van der Waals surface area contributed by atoms with Gasteiger partial charge in [-0.15, -0.1) is 0 Å². The topological polar surface area (TPSA) is 61.8 Å². The molecule has 0 saturated carbocycles. The van der Waals surface area contributed by atoms with Crippen molar-refractivity contribution in [2.24, 2.45) is 5.41 Å². The lowest BCUT2D eigenvalue weighted by molar-refractivity contribution is -0.142. The summed E-state index contributed by atoms with van der Waals surface area (Å²) in [6.07, 6.45) is 5.97. The van der Waals surface area contributed by atoms with E-state index in [4.69, 9.17) is 9.47 Å². The maximum Gasteiger partial charge on any atom is 0.337 e. The third-order valence-electron chi connectivity index (χ3n) is 3.61. The molecular formula is C18H20O5. The predicted molar refractivity (Wildman–Crippen MR) is 85.0 cm³/mol. The summed E-state index contributed by atoms with van der Waals surface area (Å²) in [6.45, 7) is 4.31. The molecule has 2 rings (SSSR count). The molecule has 23 heavy (non-hydrogen) atoms. The number of hydrogen-bond donors (Lipinski definition) is 0. The standard InChI is InChI=1S/C18H20O5/c1-4-22-14-9-11-18(2,12-10-14)17(20)23-15-7-5-13(6-8-15)16(19)21-3/h5-11H,4,12H2,1-3H3. The fraction of sp³-hybridized carbons (Fsp3) is 0.333. The third kappa shape index (κ3) is 4.00. The van der Waals surface area contributed by atoms with Crippen LogP contribution in [0.4, 0.5) is 0 Å². The SMILES string of the molecule is CCOC1=CCC(C)(C(=O)Oc2ccc(C(=O)OC)cc2)C=C1. The van der Waals surface area contributed by atoms with E-state index in [1.165, 1.54) is 7.11 Å². The molecule has 5 nitrogen and oxygen atoms in total. The highest BCUT2D eigenvalue weighted by atomic mass is 16.5. The fourth-order valence-electron chi connectivity index (χ4n) is 2.14. The van der Waals surface area contributed by atoms with Crippen LogP contribution in [0.5, 0.6) is 5.75 Å². The second-order valence-corrected chi connectivity index (χ2v) is 5.40. The van der Waals surface area contributed by atoms with E-state index in [1.807, 2.05) is 19.9 Å². The molecule has 0 radical (unpaired) electrons. The number of carbonyl (C=O) groups excluding carboxylic acids is 2. The summed E-state index contributed by atoms with van der Waals surface area (Å²) >= 11 is 0. The molecule has 1 unspecified atom stereocenters. The summed E-state index contributed by atoms with van der Waals surface area (Å²) in [5.41, 5.74) is -0.331. The average molecular weight is 316 g/mol. The van der Waals surface area contributed by atoms with Crippen molar-refractivity contribution in [3.8, 4) is 5.75 Å². The van der Waals surface area contributed by atoms with E-state index in [9.17, 15) is 9.59 Å². The first-order valence-corrected chi connectivity index (χ1v) is 7.41. The average Bonchev–Trinajstić information content (AvgIpc) is 2.57. The van der Waals surface area contributed by atoms with E-state index >= 15 is 0 Å². The van der Waals surface area contributed by atoms with Crippen molar-refractivity contribution in [3.63, 3.8) is 0 Å². The molecule has 1 aromatic rings. The zero-order chi connectivity index (χ0) is 16.9. The maximum atomic E-state index is 12.4. The van der Waals surface area contributed by atoms with Gasteiger partial charge in [-0.25, -0.2) is 4.79 Å². The molecule has 0 saturated heterocycles. The van der Waals surface area contributed by atoms with E-state index < -0.39 is 11.4 Å². The molecule has 0 fully saturated rings. The van der Waals surface area contributed by atoms with E-state index in [0.29, 0.717) is 24.3 Å². The van der Waals surface area contributed by atoms with Crippen molar-refractivity contribution in [1.82, 2.24) is 0 Å². The number of carbonyl (C=O) groups is 2. The number of hydrogen-bond acceptors (Lipinski definition) is 5. The Hall–Kier alpha value is -2.56. The van der Waals surface area contributed by atoms with E-state index in [-0.39, 0.29) is 5.97 Å². The minimum Gasteiger partial charge on any atom is -0.494 e. The second kappa shape index (κ2) is 7.13. The first kappa shape index (κ1) is 16.8. The molecular weight excluding hydrogens is 296 g/mol. The summed E-state index contributed by atoms with van der Waals surface area (Å²) in [7, 11) is 1.32. The molecule has 1 aliphatic carbocycles. The lowest BCUT2D eigenvalue weighted by Crippen LogP contribution is -2.31. The van der Waals surface area contributed by atoms with Crippen LogP contribution < -0.4 is 4.74 Å². The molecule has 1 atom stereocenters. The highest BCUT2D eigenvalue weighted by Crippen LogP contribution is 2.31. The molecule has 1 aliphatic rings. The summed E-state index contributed by atoms with van der Waals surface area (Å²) in [6, 6.07) is 6.25. The van der Waals surface area contributed by atoms with Crippen molar-refractivity contribution >= 4 is 11.9 Å². The Morgan fingerprint density at radius 3 is 2.43 bits per heavy atom. The molecule has 122 valence electrons. The monoisotopic (exact) mass is 316 g/mol. The van der Waals surface area contributed by atoms with Gasteiger partial charge in [0.2, 0.25) is 0 Å². The van der Waals surface area contributed by atoms with E-state index in [2.05, 4.69) is 4.74 Å².